The maximum absolute atomic E-state index is 11.5. The van der Waals surface area contributed by atoms with Gasteiger partial charge in [-0.1, -0.05) is 6.07 Å². The first-order chi connectivity index (χ1) is 8.10. The van der Waals surface area contributed by atoms with Crippen LogP contribution < -0.4 is 16.4 Å². The summed E-state index contributed by atoms with van der Waals surface area (Å²) >= 11 is 0. The summed E-state index contributed by atoms with van der Waals surface area (Å²) < 4.78 is 0. The summed E-state index contributed by atoms with van der Waals surface area (Å²) in [6, 6.07) is 6.48. The Hall–Kier alpha value is -1.55. The minimum atomic E-state index is -0.0571. The standard InChI is InChI=1S/C13H19N3O/c1-8-3-4-9(13(17)15-2)5-12(8)16-11-6-10(14)7-11/h3-5,10-11,16H,6-7,14H2,1-2H3,(H,15,17). The van der Waals surface area contributed by atoms with Crippen molar-refractivity contribution in [1.29, 1.82) is 0 Å². The molecule has 4 heteroatoms. The lowest BCUT2D eigenvalue weighted by molar-refractivity contribution is 0.0963. The Labute approximate surface area is 102 Å². The van der Waals surface area contributed by atoms with Gasteiger partial charge in [-0.3, -0.25) is 4.79 Å². The lowest BCUT2D eigenvalue weighted by Crippen LogP contribution is -2.44. The van der Waals surface area contributed by atoms with Crippen LogP contribution in [0.4, 0.5) is 5.69 Å². The number of hydrogen-bond acceptors (Lipinski definition) is 3. The highest BCUT2D eigenvalue weighted by atomic mass is 16.1. The number of carbonyl (C=O) groups excluding carboxylic acids is 1. The molecule has 0 unspecified atom stereocenters. The zero-order chi connectivity index (χ0) is 12.4. The van der Waals surface area contributed by atoms with Gasteiger partial charge in [0.15, 0.2) is 0 Å². The molecule has 2 rings (SSSR count). The van der Waals surface area contributed by atoms with Crippen LogP contribution in [0.15, 0.2) is 18.2 Å². The van der Waals surface area contributed by atoms with Crippen molar-refractivity contribution < 1.29 is 4.79 Å². The van der Waals surface area contributed by atoms with Crippen molar-refractivity contribution >= 4 is 11.6 Å². The Balaban J connectivity index is 2.12. The highest BCUT2D eigenvalue weighted by molar-refractivity contribution is 5.95. The molecule has 0 aliphatic heterocycles. The third-order valence-corrected chi connectivity index (χ3v) is 3.26. The van der Waals surface area contributed by atoms with Gasteiger partial charge in [-0.25, -0.2) is 0 Å². The van der Waals surface area contributed by atoms with Crippen molar-refractivity contribution in [2.24, 2.45) is 5.73 Å². The number of hydrogen-bond donors (Lipinski definition) is 3. The maximum Gasteiger partial charge on any atom is 0.251 e. The van der Waals surface area contributed by atoms with Crippen molar-refractivity contribution in [3.63, 3.8) is 0 Å². The SMILES string of the molecule is CNC(=O)c1ccc(C)c(NC2CC(N)C2)c1. The molecule has 92 valence electrons. The summed E-state index contributed by atoms with van der Waals surface area (Å²) in [5.74, 6) is -0.0571. The summed E-state index contributed by atoms with van der Waals surface area (Å²) in [6.45, 7) is 2.04. The number of carbonyl (C=O) groups is 1. The number of benzene rings is 1. The lowest BCUT2D eigenvalue weighted by atomic mass is 9.87. The Morgan fingerprint density at radius 2 is 2.12 bits per heavy atom. The van der Waals surface area contributed by atoms with Gasteiger partial charge >= 0.3 is 0 Å². The molecule has 1 aromatic rings. The predicted molar refractivity (Wildman–Crippen MR) is 69.2 cm³/mol. The summed E-state index contributed by atoms with van der Waals surface area (Å²) in [5, 5.41) is 6.07. The van der Waals surface area contributed by atoms with Crippen LogP contribution in [0.25, 0.3) is 0 Å². The zero-order valence-electron chi connectivity index (χ0n) is 10.3. The van der Waals surface area contributed by atoms with Gasteiger partial charge in [0.05, 0.1) is 0 Å². The van der Waals surface area contributed by atoms with E-state index in [9.17, 15) is 4.79 Å². The first-order valence-electron chi connectivity index (χ1n) is 5.95. The molecule has 0 saturated heterocycles. The molecule has 1 aliphatic carbocycles. The Morgan fingerprint density at radius 1 is 1.41 bits per heavy atom. The molecule has 0 aromatic heterocycles. The van der Waals surface area contributed by atoms with Gasteiger partial charge < -0.3 is 16.4 Å². The summed E-state index contributed by atoms with van der Waals surface area (Å²) in [5.41, 5.74) is 8.62. The first-order valence-corrected chi connectivity index (χ1v) is 5.95. The van der Waals surface area contributed by atoms with Gasteiger partial charge in [0.2, 0.25) is 0 Å². The van der Waals surface area contributed by atoms with Gasteiger partial charge in [-0.15, -0.1) is 0 Å². The van der Waals surface area contributed by atoms with E-state index in [-0.39, 0.29) is 5.91 Å². The molecule has 4 N–H and O–H groups in total. The van der Waals surface area contributed by atoms with Crippen LogP contribution in [-0.2, 0) is 0 Å². The minimum Gasteiger partial charge on any atom is -0.382 e. The zero-order valence-corrected chi connectivity index (χ0v) is 10.3. The predicted octanol–water partition coefficient (Wildman–Crippen LogP) is 1.26. The van der Waals surface area contributed by atoms with Gasteiger partial charge in [0, 0.05) is 30.4 Å². The molecule has 0 heterocycles. The fraction of sp³-hybridized carbons (Fsp3) is 0.462. The molecular weight excluding hydrogens is 214 g/mol. The van der Waals surface area contributed by atoms with Crippen LogP contribution in [-0.4, -0.2) is 25.0 Å². The van der Waals surface area contributed by atoms with E-state index >= 15 is 0 Å². The Kier molecular flexibility index (Phi) is 3.33. The summed E-state index contributed by atoms with van der Waals surface area (Å²) in [7, 11) is 1.64. The molecule has 0 bridgehead atoms. The maximum atomic E-state index is 11.5. The van der Waals surface area contributed by atoms with E-state index in [0.29, 0.717) is 17.6 Å². The highest BCUT2D eigenvalue weighted by Crippen LogP contribution is 2.25. The fourth-order valence-electron chi connectivity index (χ4n) is 2.06. The van der Waals surface area contributed by atoms with Crippen molar-refractivity contribution in [3.8, 4) is 0 Å². The van der Waals surface area contributed by atoms with Crippen molar-refractivity contribution in [1.82, 2.24) is 5.32 Å². The van der Waals surface area contributed by atoms with E-state index in [1.54, 1.807) is 7.05 Å². The number of aryl methyl sites for hydroxylation is 1. The molecule has 17 heavy (non-hydrogen) atoms. The largest absolute Gasteiger partial charge is 0.382 e. The molecule has 1 saturated carbocycles. The third kappa shape index (κ3) is 2.58. The second kappa shape index (κ2) is 4.75. The molecule has 1 aromatic carbocycles. The first kappa shape index (κ1) is 11.9. The second-order valence-corrected chi connectivity index (χ2v) is 4.68. The molecule has 1 aliphatic rings. The van der Waals surface area contributed by atoms with Gasteiger partial charge in [-0.05, 0) is 37.5 Å². The van der Waals surface area contributed by atoms with Crippen molar-refractivity contribution in [2.75, 3.05) is 12.4 Å². The van der Waals surface area contributed by atoms with Crippen LogP contribution in [0.3, 0.4) is 0 Å². The average molecular weight is 233 g/mol. The van der Waals surface area contributed by atoms with E-state index in [4.69, 9.17) is 5.73 Å². The Bertz CT molecular complexity index is 425. The van der Waals surface area contributed by atoms with E-state index < -0.39 is 0 Å². The quantitative estimate of drug-likeness (QED) is 0.736. The second-order valence-electron chi connectivity index (χ2n) is 4.68. The lowest BCUT2D eigenvalue weighted by Gasteiger charge is -2.34. The normalized spacial score (nSPS) is 22.8. The molecule has 4 nitrogen and oxygen atoms in total. The number of rotatable bonds is 3. The summed E-state index contributed by atoms with van der Waals surface area (Å²) in [4.78, 5) is 11.5. The van der Waals surface area contributed by atoms with E-state index in [1.807, 2.05) is 25.1 Å². The summed E-state index contributed by atoms with van der Waals surface area (Å²) in [6.07, 6.45) is 2.01. The molecule has 0 atom stereocenters. The van der Waals surface area contributed by atoms with Crippen LogP contribution in [0.5, 0.6) is 0 Å². The van der Waals surface area contributed by atoms with E-state index in [0.717, 1.165) is 24.1 Å². The minimum absolute atomic E-state index is 0.0571. The topological polar surface area (TPSA) is 67.2 Å². The van der Waals surface area contributed by atoms with Crippen molar-refractivity contribution in [2.45, 2.75) is 31.8 Å². The molecular formula is C13H19N3O. The molecule has 1 amide bonds. The number of nitrogens with one attached hydrogen (secondary N) is 2. The van der Waals surface area contributed by atoms with Crippen LogP contribution >= 0.6 is 0 Å². The van der Waals surface area contributed by atoms with Gasteiger partial charge in [-0.2, -0.15) is 0 Å². The van der Waals surface area contributed by atoms with Crippen LogP contribution in [0, 0.1) is 6.92 Å². The van der Waals surface area contributed by atoms with E-state index in [1.165, 1.54) is 0 Å². The monoisotopic (exact) mass is 233 g/mol. The molecule has 0 radical (unpaired) electrons. The van der Waals surface area contributed by atoms with Gasteiger partial charge in [0.1, 0.15) is 0 Å². The number of nitrogens with two attached hydrogens (primary N) is 1. The smallest absolute Gasteiger partial charge is 0.251 e. The third-order valence-electron chi connectivity index (χ3n) is 3.26. The highest BCUT2D eigenvalue weighted by Gasteiger charge is 2.25. The number of amides is 1. The fourth-order valence-corrected chi connectivity index (χ4v) is 2.06. The van der Waals surface area contributed by atoms with Gasteiger partial charge in [0.25, 0.3) is 5.91 Å². The van der Waals surface area contributed by atoms with E-state index in [2.05, 4.69) is 10.6 Å². The van der Waals surface area contributed by atoms with Crippen LogP contribution in [0.2, 0.25) is 0 Å². The molecule has 0 spiro atoms. The molecule has 1 fully saturated rings. The number of anilines is 1. The average Bonchev–Trinajstić information content (AvgIpc) is 2.28. The van der Waals surface area contributed by atoms with Crippen LogP contribution in [0.1, 0.15) is 28.8 Å². The Morgan fingerprint density at radius 3 is 2.71 bits per heavy atom. The van der Waals surface area contributed by atoms with Crippen molar-refractivity contribution in [3.05, 3.63) is 29.3 Å².